The third kappa shape index (κ3) is 5.69. The van der Waals surface area contributed by atoms with Crippen LogP contribution in [0.5, 0.6) is 11.5 Å². The van der Waals surface area contributed by atoms with Gasteiger partial charge in [0.1, 0.15) is 17.1 Å². The molecule has 22 heavy (non-hydrogen) atoms. The molecule has 0 spiro atoms. The molecule has 6 heteroatoms. The van der Waals surface area contributed by atoms with Gasteiger partial charge in [0, 0.05) is 21.3 Å². The topological polar surface area (TPSA) is 54.0 Å². The highest BCUT2D eigenvalue weighted by Gasteiger charge is 2.19. The molecule has 0 aromatic heterocycles. The Morgan fingerprint density at radius 2 is 1.82 bits per heavy atom. The molecule has 0 bridgehead atoms. The second kappa shape index (κ2) is 8.19. The van der Waals surface area contributed by atoms with E-state index in [0.29, 0.717) is 23.7 Å². The standard InChI is InChI=1S/C16H26O5Si/c1-12-9-13(20-7-8-22(4,5)6)10-14(21-11-18-2)15(12)16(17)19-3/h9-10H,7-8,11H2,1-6H3. The van der Waals surface area contributed by atoms with Crippen LogP contribution >= 0.6 is 0 Å². The van der Waals surface area contributed by atoms with Crippen LogP contribution in [0.3, 0.4) is 0 Å². The van der Waals surface area contributed by atoms with E-state index in [9.17, 15) is 4.79 Å². The minimum absolute atomic E-state index is 0.0573. The smallest absolute Gasteiger partial charge is 0.341 e. The van der Waals surface area contributed by atoms with Gasteiger partial charge in [0.25, 0.3) is 0 Å². The summed E-state index contributed by atoms with van der Waals surface area (Å²) in [5.41, 5.74) is 1.15. The highest BCUT2D eigenvalue weighted by atomic mass is 28.3. The largest absolute Gasteiger partial charge is 0.494 e. The zero-order valence-corrected chi connectivity index (χ0v) is 15.3. The van der Waals surface area contributed by atoms with Crippen molar-refractivity contribution in [2.45, 2.75) is 32.6 Å². The molecule has 0 aliphatic heterocycles. The molecule has 0 unspecified atom stereocenters. The molecular weight excluding hydrogens is 300 g/mol. The van der Waals surface area contributed by atoms with Crippen LogP contribution < -0.4 is 9.47 Å². The lowest BCUT2D eigenvalue weighted by Crippen LogP contribution is -2.22. The molecule has 124 valence electrons. The van der Waals surface area contributed by atoms with Gasteiger partial charge in [-0.05, 0) is 24.6 Å². The van der Waals surface area contributed by atoms with Gasteiger partial charge in [0.15, 0.2) is 6.79 Å². The molecule has 0 atom stereocenters. The minimum Gasteiger partial charge on any atom is -0.494 e. The normalized spacial score (nSPS) is 11.2. The molecule has 5 nitrogen and oxygen atoms in total. The van der Waals surface area contributed by atoms with E-state index in [0.717, 1.165) is 11.6 Å². The molecule has 1 rings (SSSR count). The van der Waals surface area contributed by atoms with E-state index in [2.05, 4.69) is 19.6 Å². The van der Waals surface area contributed by atoms with Gasteiger partial charge in [0.05, 0.1) is 13.7 Å². The van der Waals surface area contributed by atoms with Crippen LogP contribution in [0.25, 0.3) is 0 Å². The second-order valence-corrected chi connectivity index (χ2v) is 11.9. The summed E-state index contributed by atoms with van der Waals surface area (Å²) in [6, 6.07) is 4.61. The van der Waals surface area contributed by atoms with Crippen molar-refractivity contribution in [1.29, 1.82) is 0 Å². The fourth-order valence-electron chi connectivity index (χ4n) is 1.88. The third-order valence-corrected chi connectivity index (χ3v) is 4.82. The summed E-state index contributed by atoms with van der Waals surface area (Å²) >= 11 is 0. The average Bonchev–Trinajstić information content (AvgIpc) is 2.42. The highest BCUT2D eigenvalue weighted by molar-refractivity contribution is 6.76. The number of carbonyl (C=O) groups is 1. The van der Waals surface area contributed by atoms with E-state index < -0.39 is 14.0 Å². The molecule has 0 N–H and O–H groups in total. The van der Waals surface area contributed by atoms with E-state index >= 15 is 0 Å². The lowest BCUT2D eigenvalue weighted by Gasteiger charge is -2.18. The Kier molecular flexibility index (Phi) is 6.89. The van der Waals surface area contributed by atoms with Gasteiger partial charge in [-0.25, -0.2) is 4.79 Å². The summed E-state index contributed by atoms with van der Waals surface area (Å²) in [5.74, 6) is 0.670. The Labute approximate surface area is 133 Å². The first kappa shape index (κ1) is 18.5. The Morgan fingerprint density at radius 3 is 2.36 bits per heavy atom. The number of hydrogen-bond donors (Lipinski definition) is 0. The molecule has 0 aliphatic rings. The lowest BCUT2D eigenvalue weighted by molar-refractivity contribution is 0.0462. The third-order valence-electron chi connectivity index (χ3n) is 3.12. The molecule has 0 aliphatic carbocycles. The van der Waals surface area contributed by atoms with Gasteiger partial charge in [-0.1, -0.05) is 19.6 Å². The van der Waals surface area contributed by atoms with Gasteiger partial charge in [-0.15, -0.1) is 0 Å². The lowest BCUT2D eigenvalue weighted by atomic mass is 10.1. The maximum Gasteiger partial charge on any atom is 0.341 e. The molecule has 0 fully saturated rings. The molecule has 1 aromatic rings. The Balaban J connectivity index is 2.96. The molecule has 0 saturated heterocycles. The van der Waals surface area contributed by atoms with Crippen LogP contribution in [0.15, 0.2) is 12.1 Å². The first-order chi connectivity index (χ1) is 10.3. The summed E-state index contributed by atoms with van der Waals surface area (Å²) in [6.07, 6.45) is 0. The molecule has 1 aromatic carbocycles. The van der Waals surface area contributed by atoms with Gasteiger partial charge >= 0.3 is 5.97 Å². The highest BCUT2D eigenvalue weighted by Crippen LogP contribution is 2.29. The van der Waals surface area contributed by atoms with Crippen LogP contribution in [0, 0.1) is 6.92 Å². The van der Waals surface area contributed by atoms with Crippen molar-refractivity contribution in [2.75, 3.05) is 27.6 Å². The van der Waals surface area contributed by atoms with Crippen LogP contribution in [0.2, 0.25) is 25.7 Å². The van der Waals surface area contributed by atoms with Crippen molar-refractivity contribution in [3.8, 4) is 11.5 Å². The maximum atomic E-state index is 11.9. The van der Waals surface area contributed by atoms with Crippen LogP contribution in [0.4, 0.5) is 0 Å². The monoisotopic (exact) mass is 326 g/mol. The van der Waals surface area contributed by atoms with E-state index in [1.807, 2.05) is 13.0 Å². The number of ether oxygens (including phenoxy) is 4. The zero-order valence-electron chi connectivity index (χ0n) is 14.3. The van der Waals surface area contributed by atoms with Crippen molar-refractivity contribution in [2.24, 2.45) is 0 Å². The van der Waals surface area contributed by atoms with Gasteiger partial charge < -0.3 is 18.9 Å². The van der Waals surface area contributed by atoms with Crippen molar-refractivity contribution in [3.63, 3.8) is 0 Å². The summed E-state index contributed by atoms with van der Waals surface area (Å²) in [7, 11) is 1.73. The van der Waals surface area contributed by atoms with Gasteiger partial charge in [-0.3, -0.25) is 0 Å². The first-order valence-electron chi connectivity index (χ1n) is 7.26. The molecular formula is C16H26O5Si. The second-order valence-electron chi connectivity index (χ2n) is 6.31. The van der Waals surface area contributed by atoms with Gasteiger partial charge in [-0.2, -0.15) is 0 Å². The quantitative estimate of drug-likeness (QED) is 0.416. The van der Waals surface area contributed by atoms with Crippen molar-refractivity contribution in [1.82, 2.24) is 0 Å². The Hall–Kier alpha value is -1.53. The van der Waals surface area contributed by atoms with Crippen LogP contribution in [-0.4, -0.2) is 41.7 Å². The molecule has 0 heterocycles. The number of hydrogen-bond acceptors (Lipinski definition) is 5. The van der Waals surface area contributed by atoms with Gasteiger partial charge in [0.2, 0.25) is 0 Å². The SMILES string of the molecule is COCOc1cc(OCC[Si](C)(C)C)cc(C)c1C(=O)OC. The fourth-order valence-corrected chi connectivity index (χ4v) is 2.60. The minimum atomic E-state index is -1.14. The van der Waals surface area contributed by atoms with E-state index in [-0.39, 0.29) is 6.79 Å². The summed E-state index contributed by atoms with van der Waals surface area (Å²) in [6.45, 7) is 9.45. The van der Waals surface area contributed by atoms with E-state index in [1.165, 1.54) is 14.2 Å². The number of aryl methyl sites for hydroxylation is 1. The predicted octanol–water partition coefficient (Wildman–Crippen LogP) is 3.48. The summed E-state index contributed by atoms with van der Waals surface area (Å²) < 4.78 is 21.0. The summed E-state index contributed by atoms with van der Waals surface area (Å²) in [4.78, 5) is 11.9. The van der Waals surface area contributed by atoms with E-state index in [4.69, 9.17) is 18.9 Å². The van der Waals surface area contributed by atoms with Crippen molar-refractivity contribution >= 4 is 14.0 Å². The van der Waals surface area contributed by atoms with Crippen molar-refractivity contribution < 1.29 is 23.7 Å². The van der Waals surface area contributed by atoms with Crippen molar-refractivity contribution in [3.05, 3.63) is 23.3 Å². The number of methoxy groups -OCH3 is 2. The summed E-state index contributed by atoms with van der Waals surface area (Å²) in [5, 5.41) is 0. The Morgan fingerprint density at radius 1 is 1.14 bits per heavy atom. The number of carbonyl (C=O) groups excluding carboxylic acids is 1. The first-order valence-corrected chi connectivity index (χ1v) is 11.0. The zero-order chi connectivity index (χ0) is 16.8. The molecule has 0 saturated carbocycles. The van der Waals surface area contributed by atoms with E-state index in [1.54, 1.807) is 6.07 Å². The average molecular weight is 326 g/mol. The van der Waals surface area contributed by atoms with Crippen LogP contribution in [-0.2, 0) is 9.47 Å². The number of esters is 1. The molecule has 0 amide bonds. The number of benzene rings is 1. The maximum absolute atomic E-state index is 11.9. The Bertz CT molecular complexity index is 508. The number of rotatable bonds is 8. The fraction of sp³-hybridized carbons (Fsp3) is 0.562. The van der Waals surface area contributed by atoms with Crippen LogP contribution in [0.1, 0.15) is 15.9 Å². The molecule has 0 radical (unpaired) electrons. The predicted molar refractivity (Wildman–Crippen MR) is 88.7 cm³/mol.